The zero-order chi connectivity index (χ0) is 9.10. The summed E-state index contributed by atoms with van der Waals surface area (Å²) in [5.74, 6) is 0. The number of carbonyl (C=O) groups excluding carboxylic acids is 1. The van der Waals surface area contributed by atoms with Crippen molar-refractivity contribution in [2.45, 2.75) is 0 Å². The van der Waals surface area contributed by atoms with E-state index in [1.165, 1.54) is 6.26 Å². The molecule has 3 heteroatoms. The van der Waals surface area contributed by atoms with Crippen molar-refractivity contribution in [3.05, 3.63) is 42.2 Å². The fourth-order valence-corrected chi connectivity index (χ4v) is 1.13. The quantitative estimate of drug-likeness (QED) is 0.615. The van der Waals surface area contributed by atoms with E-state index in [9.17, 15) is 4.79 Å². The van der Waals surface area contributed by atoms with Crippen LogP contribution < -0.4 is 0 Å². The molecule has 0 spiro atoms. The topological polar surface area (TPSA) is 35.5 Å². The molecule has 0 amide bonds. The first-order valence-electron chi connectivity index (χ1n) is 3.94. The Labute approximate surface area is 75.6 Å². The van der Waals surface area contributed by atoms with Gasteiger partial charge >= 0.3 is 6.16 Å². The third-order valence-corrected chi connectivity index (χ3v) is 1.79. The highest BCUT2D eigenvalue weighted by atomic mass is 16.7. The predicted molar refractivity (Wildman–Crippen MR) is 46.9 cm³/mol. The van der Waals surface area contributed by atoms with Gasteiger partial charge in [-0.3, -0.25) is 0 Å². The third kappa shape index (κ3) is 1.69. The average molecular weight is 176 g/mol. The van der Waals surface area contributed by atoms with Crippen LogP contribution in [0.4, 0.5) is 4.79 Å². The van der Waals surface area contributed by atoms with Crippen LogP contribution >= 0.6 is 0 Å². The van der Waals surface area contributed by atoms with Gasteiger partial charge in [0, 0.05) is 5.57 Å². The number of carbonyl (C=O) groups is 1. The summed E-state index contributed by atoms with van der Waals surface area (Å²) in [4.78, 5) is 10.6. The summed E-state index contributed by atoms with van der Waals surface area (Å²) in [5.41, 5.74) is 1.88. The highest BCUT2D eigenvalue weighted by Crippen LogP contribution is 2.17. The summed E-state index contributed by atoms with van der Waals surface area (Å²) >= 11 is 0. The van der Waals surface area contributed by atoms with Crippen LogP contribution in [0.2, 0.25) is 0 Å². The molecule has 1 aliphatic heterocycles. The molecule has 0 saturated heterocycles. The summed E-state index contributed by atoms with van der Waals surface area (Å²) in [6, 6.07) is 9.65. The van der Waals surface area contributed by atoms with Gasteiger partial charge in [0.05, 0.1) is 0 Å². The highest BCUT2D eigenvalue weighted by Gasteiger charge is 2.13. The Kier molecular flexibility index (Phi) is 2.00. The zero-order valence-corrected chi connectivity index (χ0v) is 6.90. The first-order valence-corrected chi connectivity index (χ1v) is 3.94. The summed E-state index contributed by atoms with van der Waals surface area (Å²) in [7, 11) is 0. The maximum absolute atomic E-state index is 10.6. The SMILES string of the molecule is O=C1OC=C(c2ccccc2)CO1. The number of rotatable bonds is 1. The van der Waals surface area contributed by atoms with Gasteiger partial charge in [0.2, 0.25) is 0 Å². The molecule has 0 aliphatic carbocycles. The Morgan fingerprint density at radius 3 is 2.54 bits per heavy atom. The van der Waals surface area contributed by atoms with E-state index in [2.05, 4.69) is 4.74 Å². The van der Waals surface area contributed by atoms with Gasteiger partial charge in [-0.2, -0.15) is 0 Å². The lowest BCUT2D eigenvalue weighted by molar-refractivity contribution is 0.0869. The second-order valence-electron chi connectivity index (χ2n) is 2.67. The molecule has 1 aromatic carbocycles. The average Bonchev–Trinajstić information content (AvgIpc) is 2.20. The fraction of sp³-hybridized carbons (Fsp3) is 0.100. The first kappa shape index (κ1) is 7.86. The lowest BCUT2D eigenvalue weighted by Crippen LogP contribution is -2.12. The van der Waals surface area contributed by atoms with Crippen molar-refractivity contribution >= 4 is 11.7 Å². The third-order valence-electron chi connectivity index (χ3n) is 1.79. The smallest absolute Gasteiger partial charge is 0.429 e. The van der Waals surface area contributed by atoms with Gasteiger partial charge in [-0.05, 0) is 5.56 Å². The Morgan fingerprint density at radius 1 is 1.15 bits per heavy atom. The van der Waals surface area contributed by atoms with Gasteiger partial charge in [0.15, 0.2) is 0 Å². The molecular formula is C10H8O3. The highest BCUT2D eigenvalue weighted by molar-refractivity contribution is 5.73. The molecule has 0 fully saturated rings. The van der Waals surface area contributed by atoms with Crippen LogP contribution in [0.5, 0.6) is 0 Å². The molecule has 66 valence electrons. The van der Waals surface area contributed by atoms with Gasteiger partial charge in [0.25, 0.3) is 0 Å². The Hall–Kier alpha value is -1.77. The van der Waals surface area contributed by atoms with Crippen LogP contribution in [0.15, 0.2) is 36.6 Å². The predicted octanol–water partition coefficient (Wildman–Crippen LogP) is 2.19. The van der Waals surface area contributed by atoms with E-state index >= 15 is 0 Å². The van der Waals surface area contributed by atoms with Crippen LogP contribution in [-0.2, 0) is 9.47 Å². The lowest BCUT2D eigenvalue weighted by atomic mass is 10.1. The monoisotopic (exact) mass is 176 g/mol. The molecule has 0 bridgehead atoms. The van der Waals surface area contributed by atoms with Crippen molar-refractivity contribution < 1.29 is 14.3 Å². The van der Waals surface area contributed by atoms with E-state index in [-0.39, 0.29) is 6.61 Å². The van der Waals surface area contributed by atoms with Crippen LogP contribution in [0.1, 0.15) is 5.56 Å². The molecule has 3 nitrogen and oxygen atoms in total. The summed E-state index contributed by atoms with van der Waals surface area (Å²) in [5, 5.41) is 0. The van der Waals surface area contributed by atoms with Crippen LogP contribution in [0.25, 0.3) is 5.57 Å². The van der Waals surface area contributed by atoms with Gasteiger partial charge in [-0.15, -0.1) is 0 Å². The van der Waals surface area contributed by atoms with Gasteiger partial charge in [-0.25, -0.2) is 4.79 Å². The van der Waals surface area contributed by atoms with Crippen molar-refractivity contribution in [1.29, 1.82) is 0 Å². The van der Waals surface area contributed by atoms with E-state index in [1.807, 2.05) is 30.3 Å². The summed E-state index contributed by atoms with van der Waals surface area (Å²) < 4.78 is 9.34. The van der Waals surface area contributed by atoms with Crippen molar-refractivity contribution in [3.8, 4) is 0 Å². The van der Waals surface area contributed by atoms with E-state index in [1.54, 1.807) is 0 Å². The van der Waals surface area contributed by atoms with Crippen molar-refractivity contribution in [3.63, 3.8) is 0 Å². The van der Waals surface area contributed by atoms with Crippen molar-refractivity contribution in [2.24, 2.45) is 0 Å². The van der Waals surface area contributed by atoms with Crippen LogP contribution in [0.3, 0.4) is 0 Å². The summed E-state index contributed by atoms with van der Waals surface area (Å²) in [6.07, 6.45) is 0.793. The van der Waals surface area contributed by atoms with E-state index in [0.717, 1.165) is 11.1 Å². The normalized spacial score (nSPS) is 15.7. The number of benzene rings is 1. The Bertz CT molecular complexity index is 340. The van der Waals surface area contributed by atoms with E-state index in [0.29, 0.717) is 0 Å². The number of cyclic esters (lactones) is 2. The Morgan fingerprint density at radius 2 is 1.92 bits per heavy atom. The number of hydrogen-bond donors (Lipinski definition) is 0. The first-order chi connectivity index (χ1) is 6.36. The van der Waals surface area contributed by atoms with Crippen LogP contribution in [-0.4, -0.2) is 12.8 Å². The molecule has 0 atom stereocenters. The van der Waals surface area contributed by atoms with Crippen LogP contribution in [0, 0.1) is 0 Å². The zero-order valence-electron chi connectivity index (χ0n) is 6.90. The molecular weight excluding hydrogens is 168 g/mol. The van der Waals surface area contributed by atoms with Crippen molar-refractivity contribution in [1.82, 2.24) is 0 Å². The molecule has 0 aromatic heterocycles. The molecule has 0 N–H and O–H groups in total. The number of hydrogen-bond acceptors (Lipinski definition) is 3. The fourth-order valence-electron chi connectivity index (χ4n) is 1.13. The molecule has 1 heterocycles. The standard InChI is InChI=1S/C10H8O3/c11-10-12-6-9(7-13-10)8-4-2-1-3-5-8/h1-6H,7H2. The largest absolute Gasteiger partial charge is 0.513 e. The Balaban J connectivity index is 2.23. The second-order valence-corrected chi connectivity index (χ2v) is 2.67. The van der Waals surface area contributed by atoms with Gasteiger partial charge < -0.3 is 9.47 Å². The number of ether oxygens (including phenoxy) is 2. The van der Waals surface area contributed by atoms with E-state index in [4.69, 9.17) is 4.74 Å². The molecule has 13 heavy (non-hydrogen) atoms. The minimum absolute atomic E-state index is 0.281. The molecule has 0 unspecified atom stereocenters. The second kappa shape index (κ2) is 3.31. The summed E-state index contributed by atoms with van der Waals surface area (Å²) in [6.45, 7) is 0.281. The molecule has 0 saturated carbocycles. The molecule has 1 aromatic rings. The van der Waals surface area contributed by atoms with Gasteiger partial charge in [0.1, 0.15) is 12.9 Å². The minimum Gasteiger partial charge on any atom is -0.429 e. The van der Waals surface area contributed by atoms with Crippen molar-refractivity contribution in [2.75, 3.05) is 6.61 Å². The molecule has 2 rings (SSSR count). The lowest BCUT2D eigenvalue weighted by Gasteiger charge is -2.12. The van der Waals surface area contributed by atoms with E-state index < -0.39 is 6.16 Å². The maximum Gasteiger partial charge on any atom is 0.513 e. The molecule has 1 aliphatic rings. The molecule has 0 radical (unpaired) electrons. The minimum atomic E-state index is -0.639. The van der Waals surface area contributed by atoms with Gasteiger partial charge in [-0.1, -0.05) is 30.3 Å². The maximum atomic E-state index is 10.6.